The van der Waals surface area contributed by atoms with Crippen LogP contribution >= 0.6 is 0 Å². The first kappa shape index (κ1) is 9.06. The van der Waals surface area contributed by atoms with Crippen molar-refractivity contribution in [3.8, 4) is 0 Å². The van der Waals surface area contributed by atoms with Gasteiger partial charge < -0.3 is 14.6 Å². The van der Waals surface area contributed by atoms with Gasteiger partial charge in [-0.2, -0.15) is 0 Å². The van der Waals surface area contributed by atoms with Crippen LogP contribution in [0.4, 0.5) is 5.95 Å². The molecule has 1 N–H and O–H groups in total. The molecule has 0 aliphatic carbocycles. The highest BCUT2D eigenvalue weighted by molar-refractivity contribution is 5.23. The van der Waals surface area contributed by atoms with Crippen LogP contribution in [0.25, 0.3) is 0 Å². The summed E-state index contributed by atoms with van der Waals surface area (Å²) in [6.45, 7) is 4.35. The third-order valence-corrected chi connectivity index (χ3v) is 1.62. The van der Waals surface area contributed by atoms with Gasteiger partial charge in [0.2, 0.25) is 5.95 Å². The van der Waals surface area contributed by atoms with E-state index in [0.717, 1.165) is 25.7 Å². The first-order valence-corrected chi connectivity index (χ1v) is 4.15. The molecule has 0 radical (unpaired) electrons. The maximum atomic E-state index is 5.23. The zero-order valence-electron chi connectivity index (χ0n) is 7.58. The number of ether oxygens (including phenoxy) is 1. The molecule has 4 nitrogen and oxygen atoms in total. The van der Waals surface area contributed by atoms with E-state index in [4.69, 9.17) is 4.74 Å². The second-order valence-electron chi connectivity index (χ2n) is 2.39. The molecule has 0 saturated heterocycles. The Bertz CT molecular complexity index is 222. The quantitative estimate of drug-likeness (QED) is 0.667. The van der Waals surface area contributed by atoms with Gasteiger partial charge in [0.1, 0.15) is 0 Å². The molecule has 0 aliphatic rings. The smallest absolute Gasteiger partial charge is 0.202 e. The summed E-state index contributed by atoms with van der Waals surface area (Å²) in [7, 11) is 1.86. The van der Waals surface area contributed by atoms with Crippen LogP contribution in [0.3, 0.4) is 0 Å². The van der Waals surface area contributed by atoms with Gasteiger partial charge in [-0.15, -0.1) is 0 Å². The lowest BCUT2D eigenvalue weighted by Crippen LogP contribution is -2.08. The summed E-state index contributed by atoms with van der Waals surface area (Å²) in [5.41, 5.74) is 0. The molecular formula is C8H15N3O. The highest BCUT2D eigenvalue weighted by Crippen LogP contribution is 2.01. The van der Waals surface area contributed by atoms with Crippen molar-refractivity contribution in [1.29, 1.82) is 0 Å². The van der Waals surface area contributed by atoms with Crippen LogP contribution in [0, 0.1) is 0 Å². The Hall–Kier alpha value is -1.03. The molecule has 0 amide bonds. The number of hydrogen-bond acceptors (Lipinski definition) is 3. The number of imidazole rings is 1. The number of anilines is 1. The summed E-state index contributed by atoms with van der Waals surface area (Å²) < 4.78 is 7.25. The molecule has 0 saturated carbocycles. The van der Waals surface area contributed by atoms with Gasteiger partial charge in [-0.25, -0.2) is 4.98 Å². The van der Waals surface area contributed by atoms with Gasteiger partial charge in [-0.1, -0.05) is 0 Å². The maximum absolute atomic E-state index is 5.23. The first-order chi connectivity index (χ1) is 5.88. The Morgan fingerprint density at radius 2 is 2.50 bits per heavy atom. The molecule has 12 heavy (non-hydrogen) atoms. The van der Waals surface area contributed by atoms with Gasteiger partial charge in [0.25, 0.3) is 0 Å². The predicted octanol–water partition coefficient (Wildman–Crippen LogP) is 0.961. The molecule has 1 heterocycles. The Balaban J connectivity index is 2.39. The summed E-state index contributed by atoms with van der Waals surface area (Å²) in [5.74, 6) is 0.884. The summed E-state index contributed by atoms with van der Waals surface area (Å²) in [6.07, 6.45) is 3.71. The second-order valence-corrected chi connectivity index (χ2v) is 2.39. The zero-order valence-corrected chi connectivity index (χ0v) is 7.58. The van der Waals surface area contributed by atoms with Crippen LogP contribution in [0.1, 0.15) is 6.92 Å². The minimum atomic E-state index is 0.738. The zero-order chi connectivity index (χ0) is 8.81. The lowest BCUT2D eigenvalue weighted by Gasteiger charge is -2.06. The molecule has 4 heteroatoms. The van der Waals surface area contributed by atoms with Crippen LogP contribution in [0.5, 0.6) is 0 Å². The third-order valence-electron chi connectivity index (χ3n) is 1.62. The first-order valence-electron chi connectivity index (χ1n) is 4.15. The molecule has 0 bridgehead atoms. The number of aromatic nitrogens is 2. The van der Waals surface area contributed by atoms with E-state index in [1.807, 2.05) is 24.7 Å². The monoisotopic (exact) mass is 169 g/mol. The van der Waals surface area contributed by atoms with Crippen molar-refractivity contribution in [3.63, 3.8) is 0 Å². The van der Waals surface area contributed by atoms with Crippen LogP contribution in [0.2, 0.25) is 0 Å². The number of rotatable bonds is 5. The lowest BCUT2D eigenvalue weighted by molar-refractivity contribution is 0.139. The van der Waals surface area contributed by atoms with Crippen molar-refractivity contribution in [2.75, 3.05) is 25.6 Å². The number of hydrogen-bond donors (Lipinski definition) is 1. The van der Waals surface area contributed by atoms with Gasteiger partial charge >= 0.3 is 0 Å². The molecule has 0 spiro atoms. The van der Waals surface area contributed by atoms with E-state index in [1.165, 1.54) is 0 Å². The molecule has 0 unspecified atom stereocenters. The van der Waals surface area contributed by atoms with Gasteiger partial charge in [0.15, 0.2) is 0 Å². The fraction of sp³-hybridized carbons (Fsp3) is 0.625. The molecule has 1 aromatic heterocycles. The Morgan fingerprint density at radius 3 is 3.17 bits per heavy atom. The normalized spacial score (nSPS) is 10.2. The largest absolute Gasteiger partial charge is 0.380 e. The van der Waals surface area contributed by atoms with Gasteiger partial charge in [-0.05, 0) is 6.92 Å². The van der Waals surface area contributed by atoms with Crippen molar-refractivity contribution >= 4 is 5.95 Å². The molecule has 68 valence electrons. The van der Waals surface area contributed by atoms with Crippen LogP contribution in [0.15, 0.2) is 12.4 Å². The third kappa shape index (κ3) is 2.23. The van der Waals surface area contributed by atoms with Crippen molar-refractivity contribution in [2.24, 2.45) is 0 Å². The molecule has 0 atom stereocenters. The average Bonchev–Trinajstić information content (AvgIpc) is 2.52. The number of nitrogens with one attached hydrogen (secondary N) is 1. The topological polar surface area (TPSA) is 39.1 Å². The fourth-order valence-corrected chi connectivity index (χ4v) is 1.02. The molecular weight excluding hydrogens is 154 g/mol. The Morgan fingerprint density at radius 1 is 1.67 bits per heavy atom. The van der Waals surface area contributed by atoms with Gasteiger partial charge in [0, 0.05) is 32.6 Å². The van der Waals surface area contributed by atoms with E-state index in [1.54, 1.807) is 6.20 Å². The van der Waals surface area contributed by atoms with Crippen LogP contribution in [-0.2, 0) is 11.3 Å². The maximum Gasteiger partial charge on any atom is 0.202 e. The molecule has 0 fully saturated rings. The van der Waals surface area contributed by atoms with Gasteiger partial charge in [0.05, 0.1) is 6.61 Å². The van der Waals surface area contributed by atoms with Crippen LogP contribution in [-0.4, -0.2) is 29.8 Å². The van der Waals surface area contributed by atoms with Crippen molar-refractivity contribution < 1.29 is 4.74 Å². The Kier molecular flexibility index (Phi) is 3.60. The minimum Gasteiger partial charge on any atom is -0.380 e. The molecule has 0 aliphatic heterocycles. The minimum absolute atomic E-state index is 0.738. The van der Waals surface area contributed by atoms with E-state index in [0.29, 0.717) is 0 Å². The summed E-state index contributed by atoms with van der Waals surface area (Å²) >= 11 is 0. The summed E-state index contributed by atoms with van der Waals surface area (Å²) in [5, 5.41) is 3.00. The number of nitrogens with zero attached hydrogens (tertiary/aromatic N) is 2. The predicted molar refractivity (Wildman–Crippen MR) is 48.3 cm³/mol. The van der Waals surface area contributed by atoms with E-state index >= 15 is 0 Å². The molecule has 1 rings (SSSR count). The SMILES string of the molecule is CCOCCn1ccnc1NC. The highest BCUT2D eigenvalue weighted by atomic mass is 16.5. The lowest BCUT2D eigenvalue weighted by atomic mass is 10.6. The van der Waals surface area contributed by atoms with Crippen molar-refractivity contribution in [3.05, 3.63) is 12.4 Å². The van der Waals surface area contributed by atoms with E-state index in [-0.39, 0.29) is 0 Å². The van der Waals surface area contributed by atoms with E-state index < -0.39 is 0 Å². The van der Waals surface area contributed by atoms with E-state index in [2.05, 4.69) is 10.3 Å². The van der Waals surface area contributed by atoms with Crippen molar-refractivity contribution in [2.45, 2.75) is 13.5 Å². The molecule has 0 aromatic carbocycles. The van der Waals surface area contributed by atoms with Crippen molar-refractivity contribution in [1.82, 2.24) is 9.55 Å². The fourth-order valence-electron chi connectivity index (χ4n) is 1.02. The second kappa shape index (κ2) is 4.77. The van der Waals surface area contributed by atoms with Gasteiger partial charge in [-0.3, -0.25) is 0 Å². The summed E-state index contributed by atoms with van der Waals surface area (Å²) in [6, 6.07) is 0. The Labute approximate surface area is 72.6 Å². The summed E-state index contributed by atoms with van der Waals surface area (Å²) in [4.78, 5) is 4.11. The highest BCUT2D eigenvalue weighted by Gasteiger charge is 1.97. The standard InChI is InChI=1S/C8H15N3O/c1-3-12-7-6-11-5-4-10-8(11)9-2/h4-5H,3,6-7H2,1-2H3,(H,9,10). The average molecular weight is 169 g/mol. The van der Waals surface area contributed by atoms with E-state index in [9.17, 15) is 0 Å². The van der Waals surface area contributed by atoms with Crippen LogP contribution < -0.4 is 5.32 Å². The molecule has 1 aromatic rings.